The minimum Gasteiger partial charge on any atom is -0.372 e. The molecule has 3 rings (SSSR count). The predicted octanol–water partition coefficient (Wildman–Crippen LogP) is 3.78. The van der Waals surface area contributed by atoms with Gasteiger partial charge in [-0.25, -0.2) is 0 Å². The SMILES string of the molecule is NC(CCCC1CCC2(CCCCC2)O1)C1CC1. The van der Waals surface area contributed by atoms with Crippen molar-refractivity contribution in [3.63, 3.8) is 0 Å². The first kappa shape index (κ1) is 12.9. The molecule has 2 nitrogen and oxygen atoms in total. The fraction of sp³-hybridized carbons (Fsp3) is 1.00. The number of rotatable bonds is 5. The molecule has 0 bridgehead atoms. The van der Waals surface area contributed by atoms with Crippen molar-refractivity contribution in [2.24, 2.45) is 11.7 Å². The van der Waals surface area contributed by atoms with Gasteiger partial charge in [-0.3, -0.25) is 0 Å². The molecule has 1 heterocycles. The van der Waals surface area contributed by atoms with Crippen LogP contribution in [-0.4, -0.2) is 17.7 Å². The number of hydrogen-bond acceptors (Lipinski definition) is 2. The Morgan fingerprint density at radius 1 is 1.06 bits per heavy atom. The van der Waals surface area contributed by atoms with E-state index in [1.165, 1.54) is 77.0 Å². The zero-order valence-electron chi connectivity index (χ0n) is 11.7. The van der Waals surface area contributed by atoms with Crippen molar-refractivity contribution in [3.8, 4) is 0 Å². The van der Waals surface area contributed by atoms with E-state index in [0.29, 0.717) is 17.7 Å². The van der Waals surface area contributed by atoms with Gasteiger partial charge in [0.25, 0.3) is 0 Å². The Kier molecular flexibility index (Phi) is 3.95. The summed E-state index contributed by atoms with van der Waals surface area (Å²) in [5.74, 6) is 0.860. The van der Waals surface area contributed by atoms with Gasteiger partial charge in [-0.2, -0.15) is 0 Å². The van der Waals surface area contributed by atoms with E-state index in [1.54, 1.807) is 0 Å². The molecule has 104 valence electrons. The molecule has 0 aromatic rings. The molecular weight excluding hydrogens is 222 g/mol. The highest BCUT2D eigenvalue weighted by Gasteiger charge is 2.40. The minimum absolute atomic E-state index is 0.307. The third-order valence-electron chi connectivity index (χ3n) is 5.39. The van der Waals surface area contributed by atoms with Crippen molar-refractivity contribution in [2.75, 3.05) is 0 Å². The summed E-state index contributed by atoms with van der Waals surface area (Å²) in [6.07, 6.45) is 16.5. The van der Waals surface area contributed by atoms with Crippen LogP contribution in [0.2, 0.25) is 0 Å². The van der Waals surface area contributed by atoms with Crippen molar-refractivity contribution in [2.45, 2.75) is 94.8 Å². The summed E-state index contributed by atoms with van der Waals surface area (Å²) in [6.45, 7) is 0. The van der Waals surface area contributed by atoms with Crippen LogP contribution in [0.25, 0.3) is 0 Å². The molecule has 2 atom stereocenters. The monoisotopic (exact) mass is 251 g/mol. The fourth-order valence-electron chi connectivity index (χ4n) is 4.00. The lowest BCUT2D eigenvalue weighted by molar-refractivity contribution is -0.0661. The van der Waals surface area contributed by atoms with E-state index >= 15 is 0 Å². The number of ether oxygens (including phenoxy) is 1. The minimum atomic E-state index is 0.307. The van der Waals surface area contributed by atoms with Gasteiger partial charge >= 0.3 is 0 Å². The molecule has 2 N–H and O–H groups in total. The van der Waals surface area contributed by atoms with Gasteiger partial charge in [0.2, 0.25) is 0 Å². The van der Waals surface area contributed by atoms with E-state index in [9.17, 15) is 0 Å². The van der Waals surface area contributed by atoms with Crippen LogP contribution in [0.3, 0.4) is 0 Å². The number of hydrogen-bond donors (Lipinski definition) is 1. The maximum Gasteiger partial charge on any atom is 0.0687 e. The van der Waals surface area contributed by atoms with Crippen LogP contribution in [0, 0.1) is 5.92 Å². The Morgan fingerprint density at radius 3 is 2.56 bits per heavy atom. The first-order valence-corrected chi connectivity index (χ1v) is 8.21. The molecule has 2 aliphatic carbocycles. The predicted molar refractivity (Wildman–Crippen MR) is 74.5 cm³/mol. The van der Waals surface area contributed by atoms with E-state index in [4.69, 9.17) is 10.5 Å². The van der Waals surface area contributed by atoms with Crippen LogP contribution >= 0.6 is 0 Å². The molecule has 3 fully saturated rings. The molecule has 1 aliphatic heterocycles. The van der Waals surface area contributed by atoms with Crippen molar-refractivity contribution in [1.29, 1.82) is 0 Å². The molecule has 2 unspecified atom stereocenters. The normalized spacial score (nSPS) is 32.8. The second kappa shape index (κ2) is 5.50. The Hall–Kier alpha value is -0.0800. The number of nitrogens with two attached hydrogens (primary N) is 1. The summed E-state index contributed by atoms with van der Waals surface area (Å²) in [4.78, 5) is 0. The largest absolute Gasteiger partial charge is 0.372 e. The molecule has 18 heavy (non-hydrogen) atoms. The lowest BCUT2D eigenvalue weighted by Crippen LogP contribution is -2.31. The highest BCUT2D eigenvalue weighted by atomic mass is 16.5. The van der Waals surface area contributed by atoms with Crippen molar-refractivity contribution in [3.05, 3.63) is 0 Å². The molecular formula is C16H29NO. The zero-order chi connectivity index (χ0) is 12.4. The smallest absolute Gasteiger partial charge is 0.0687 e. The third-order valence-corrected chi connectivity index (χ3v) is 5.39. The van der Waals surface area contributed by atoms with E-state index in [-0.39, 0.29) is 0 Å². The second-order valence-corrected chi connectivity index (χ2v) is 6.95. The molecule has 2 saturated carbocycles. The molecule has 0 aromatic heterocycles. The van der Waals surface area contributed by atoms with E-state index in [2.05, 4.69) is 0 Å². The molecule has 1 spiro atoms. The van der Waals surface area contributed by atoms with Crippen molar-refractivity contribution >= 4 is 0 Å². The van der Waals surface area contributed by atoms with E-state index < -0.39 is 0 Å². The van der Waals surface area contributed by atoms with Crippen LogP contribution in [0.1, 0.15) is 77.0 Å². The molecule has 3 aliphatic rings. The molecule has 0 radical (unpaired) electrons. The lowest BCUT2D eigenvalue weighted by atomic mass is 9.83. The van der Waals surface area contributed by atoms with Gasteiger partial charge in [-0.15, -0.1) is 0 Å². The van der Waals surface area contributed by atoms with E-state index in [1.807, 2.05) is 0 Å². The summed E-state index contributed by atoms with van der Waals surface area (Å²) in [7, 11) is 0. The molecule has 1 saturated heterocycles. The quantitative estimate of drug-likeness (QED) is 0.807. The van der Waals surface area contributed by atoms with Crippen molar-refractivity contribution < 1.29 is 4.74 Å². The Bertz CT molecular complexity index is 268. The Labute approximate surface area is 112 Å². The van der Waals surface area contributed by atoms with Crippen LogP contribution in [-0.2, 0) is 4.74 Å². The summed E-state index contributed by atoms with van der Waals surface area (Å²) in [5, 5.41) is 0. The van der Waals surface area contributed by atoms with Gasteiger partial charge in [0.05, 0.1) is 11.7 Å². The van der Waals surface area contributed by atoms with Gasteiger partial charge < -0.3 is 10.5 Å². The average Bonchev–Trinajstić information content (AvgIpc) is 3.16. The maximum atomic E-state index is 6.41. The van der Waals surface area contributed by atoms with Crippen LogP contribution in [0.5, 0.6) is 0 Å². The fourth-order valence-corrected chi connectivity index (χ4v) is 4.00. The van der Waals surface area contributed by atoms with Crippen molar-refractivity contribution in [1.82, 2.24) is 0 Å². The molecule has 0 amide bonds. The second-order valence-electron chi connectivity index (χ2n) is 6.95. The molecule has 2 heteroatoms. The highest BCUT2D eigenvalue weighted by molar-refractivity contribution is 4.91. The van der Waals surface area contributed by atoms with Crippen LogP contribution in [0.4, 0.5) is 0 Å². The van der Waals surface area contributed by atoms with Crippen LogP contribution < -0.4 is 5.73 Å². The first-order valence-electron chi connectivity index (χ1n) is 8.21. The Morgan fingerprint density at radius 2 is 1.83 bits per heavy atom. The van der Waals surface area contributed by atoms with Crippen LogP contribution in [0.15, 0.2) is 0 Å². The zero-order valence-corrected chi connectivity index (χ0v) is 11.7. The van der Waals surface area contributed by atoms with E-state index in [0.717, 1.165) is 5.92 Å². The Balaban J connectivity index is 1.36. The van der Waals surface area contributed by atoms with Gasteiger partial charge in [0.15, 0.2) is 0 Å². The van der Waals surface area contributed by atoms with Gasteiger partial charge in [-0.05, 0) is 63.7 Å². The highest BCUT2D eigenvalue weighted by Crippen LogP contribution is 2.43. The topological polar surface area (TPSA) is 35.2 Å². The summed E-state index contributed by atoms with van der Waals surface area (Å²) in [6, 6.07) is 0.482. The summed E-state index contributed by atoms with van der Waals surface area (Å²) < 4.78 is 6.41. The van der Waals surface area contributed by atoms with Gasteiger partial charge in [-0.1, -0.05) is 19.3 Å². The summed E-state index contributed by atoms with van der Waals surface area (Å²) in [5.41, 5.74) is 6.47. The summed E-state index contributed by atoms with van der Waals surface area (Å²) >= 11 is 0. The standard InChI is InChI=1S/C16H29NO/c17-15(13-7-8-13)6-4-5-14-9-12-16(18-14)10-2-1-3-11-16/h13-15H,1-12,17H2. The molecule has 0 aromatic carbocycles. The van der Waals surface area contributed by atoms with Gasteiger partial charge in [0.1, 0.15) is 0 Å². The van der Waals surface area contributed by atoms with Gasteiger partial charge in [0, 0.05) is 6.04 Å². The lowest BCUT2D eigenvalue weighted by Gasteiger charge is -2.33. The first-order chi connectivity index (χ1) is 8.77. The average molecular weight is 251 g/mol. The third kappa shape index (κ3) is 3.08. The maximum absolute atomic E-state index is 6.41.